The molecule has 3 atom stereocenters. The quantitative estimate of drug-likeness (QED) is 0.0257. The molecule has 2 aromatic rings. The third-order valence-electron chi connectivity index (χ3n) is 8.59. The second-order valence-electron chi connectivity index (χ2n) is 14.6. The average molecular weight is 812 g/mol. The molecule has 5 N–H and O–H groups in total. The lowest BCUT2D eigenvalue weighted by Crippen LogP contribution is -2.47. The van der Waals surface area contributed by atoms with Gasteiger partial charge in [0.25, 0.3) is 5.91 Å². The Kier molecular flexibility index (Phi) is 22.4. The number of hydrogen-bond donors (Lipinski definition) is 5. The van der Waals surface area contributed by atoms with Crippen LogP contribution in [0.1, 0.15) is 83.0 Å². The predicted molar refractivity (Wildman–Crippen MR) is 231 cm³/mol. The van der Waals surface area contributed by atoms with Gasteiger partial charge in [-0.3, -0.25) is 19.2 Å². The van der Waals surface area contributed by atoms with Crippen LogP contribution in [0.3, 0.4) is 0 Å². The van der Waals surface area contributed by atoms with Gasteiger partial charge in [-0.25, -0.2) is 0 Å². The molecule has 0 saturated carbocycles. The molecule has 55 heavy (non-hydrogen) atoms. The van der Waals surface area contributed by atoms with Crippen LogP contribution in [-0.2, 0) is 14.4 Å². The van der Waals surface area contributed by atoms with E-state index in [1.807, 2.05) is 43.3 Å². The van der Waals surface area contributed by atoms with Gasteiger partial charge in [-0.15, -0.1) is 6.42 Å². The van der Waals surface area contributed by atoms with Crippen molar-refractivity contribution in [2.75, 3.05) is 50.1 Å². The zero-order valence-corrected chi connectivity index (χ0v) is 36.4. The molecule has 4 amide bonds. The standard InChI is InChI=1S/C40H61N7O5S2Si/c1-8-23-42-39(51)35(11-9-10-24-41-37(49)28-40(5,52)22-20-30(4)55-29(2)3)44-36(48)21-26-53-54-27-25-43-38(50)31-12-14-32(15-13-31)45-46-33-16-18-34(19-17-33)47(6)7/h1,12-19,29-30,35,52H,9-11,20-28,55H2,2-7H3,(H,41,49)(H,42,51)(H,43,50)(H,44,48). The average Bonchev–Trinajstić information content (AvgIpc) is 3.14. The van der Waals surface area contributed by atoms with E-state index in [0.29, 0.717) is 67.1 Å². The summed E-state index contributed by atoms with van der Waals surface area (Å²) < 4.78 is 0. The molecule has 0 spiro atoms. The van der Waals surface area contributed by atoms with Gasteiger partial charge in [-0.1, -0.05) is 65.8 Å². The van der Waals surface area contributed by atoms with Gasteiger partial charge in [-0.05, 0) is 81.1 Å². The van der Waals surface area contributed by atoms with Gasteiger partial charge in [0.05, 0.1) is 29.9 Å². The van der Waals surface area contributed by atoms with Gasteiger partial charge >= 0.3 is 0 Å². The first-order valence-corrected chi connectivity index (χ1v) is 23.1. The molecule has 2 rings (SSSR count). The molecule has 3 unspecified atom stereocenters. The summed E-state index contributed by atoms with van der Waals surface area (Å²) in [4.78, 5) is 52.4. The van der Waals surface area contributed by atoms with Gasteiger partial charge in [0, 0.05) is 65.9 Å². The maximum atomic E-state index is 12.7. The summed E-state index contributed by atoms with van der Waals surface area (Å²) in [5, 5.41) is 30.5. The second kappa shape index (κ2) is 26.1. The zero-order valence-electron chi connectivity index (χ0n) is 33.4. The van der Waals surface area contributed by atoms with Crippen molar-refractivity contribution in [3.8, 4) is 12.3 Å². The minimum atomic E-state index is -1.04. The summed E-state index contributed by atoms with van der Waals surface area (Å²) in [7, 11) is 6.83. The number of nitrogens with zero attached hydrogens (tertiary/aromatic N) is 3. The molecule has 0 heterocycles. The van der Waals surface area contributed by atoms with E-state index in [9.17, 15) is 24.3 Å². The van der Waals surface area contributed by atoms with Crippen LogP contribution < -0.4 is 26.2 Å². The molecule has 15 heteroatoms. The predicted octanol–water partition coefficient (Wildman–Crippen LogP) is 5.92. The number of aliphatic hydroxyl groups is 1. The molecule has 0 aliphatic carbocycles. The maximum Gasteiger partial charge on any atom is 0.251 e. The van der Waals surface area contributed by atoms with Gasteiger partial charge in [0.2, 0.25) is 17.7 Å². The second-order valence-corrected chi connectivity index (χ2v) is 20.8. The highest BCUT2D eigenvalue weighted by molar-refractivity contribution is 8.76. The van der Waals surface area contributed by atoms with Crippen LogP contribution >= 0.6 is 21.6 Å². The van der Waals surface area contributed by atoms with E-state index >= 15 is 0 Å². The van der Waals surface area contributed by atoms with Crippen molar-refractivity contribution in [2.45, 2.75) is 95.4 Å². The van der Waals surface area contributed by atoms with Gasteiger partial charge in [0.15, 0.2) is 0 Å². The molecule has 0 aliphatic rings. The third kappa shape index (κ3) is 21.2. The van der Waals surface area contributed by atoms with E-state index in [4.69, 9.17) is 6.42 Å². The number of unbranched alkanes of at least 4 members (excludes halogenated alkanes) is 1. The number of carbonyl (C=O) groups excluding carboxylic acids is 4. The Labute approximate surface area is 338 Å². The van der Waals surface area contributed by atoms with Crippen molar-refractivity contribution in [1.29, 1.82) is 0 Å². The monoisotopic (exact) mass is 811 g/mol. The summed E-state index contributed by atoms with van der Waals surface area (Å²) in [6.07, 6.45) is 8.72. The molecule has 0 aromatic heterocycles. The van der Waals surface area contributed by atoms with E-state index in [2.05, 4.69) is 58.2 Å². The molecule has 0 saturated heterocycles. The summed E-state index contributed by atoms with van der Waals surface area (Å²) in [5.41, 5.74) is 3.32. The van der Waals surface area contributed by atoms with Gasteiger partial charge in [-0.2, -0.15) is 10.2 Å². The fourth-order valence-corrected chi connectivity index (χ4v) is 9.59. The molecule has 0 radical (unpaired) electrons. The Bertz CT molecular complexity index is 1550. The van der Waals surface area contributed by atoms with Crippen molar-refractivity contribution >= 4 is 71.8 Å². The number of anilines is 1. The minimum Gasteiger partial charge on any atom is -0.390 e. The van der Waals surface area contributed by atoms with Gasteiger partial charge < -0.3 is 31.3 Å². The van der Waals surface area contributed by atoms with Crippen LogP contribution in [0.25, 0.3) is 0 Å². The van der Waals surface area contributed by atoms with Crippen LogP contribution in [-0.4, -0.2) is 95.1 Å². The van der Waals surface area contributed by atoms with E-state index in [1.54, 1.807) is 42.0 Å². The molecular weight excluding hydrogens is 751 g/mol. The molecule has 302 valence electrons. The number of nitrogens with one attached hydrogen (secondary N) is 4. The number of rotatable bonds is 26. The van der Waals surface area contributed by atoms with Gasteiger partial charge in [0.1, 0.15) is 6.04 Å². The lowest BCUT2D eigenvalue weighted by Gasteiger charge is -2.25. The lowest BCUT2D eigenvalue weighted by molar-refractivity contribution is -0.128. The summed E-state index contributed by atoms with van der Waals surface area (Å²) in [6.45, 7) is 9.39. The molecule has 0 bridgehead atoms. The van der Waals surface area contributed by atoms with Crippen molar-refractivity contribution in [1.82, 2.24) is 21.3 Å². The van der Waals surface area contributed by atoms with E-state index in [-0.39, 0.29) is 52.5 Å². The number of carbonyl (C=O) groups is 4. The fourth-order valence-electron chi connectivity index (χ4n) is 5.65. The summed E-state index contributed by atoms with van der Waals surface area (Å²) in [6, 6.07) is 13.9. The Hall–Kier alpha value is -3.84. The highest BCUT2D eigenvalue weighted by Gasteiger charge is 2.25. The highest BCUT2D eigenvalue weighted by Crippen LogP contribution is 2.25. The Morgan fingerprint density at radius 1 is 0.873 bits per heavy atom. The molecular formula is C40H61N7O5S2Si. The smallest absolute Gasteiger partial charge is 0.251 e. The van der Waals surface area contributed by atoms with E-state index in [0.717, 1.165) is 23.3 Å². The van der Waals surface area contributed by atoms with Crippen LogP contribution in [0.15, 0.2) is 58.8 Å². The topological polar surface area (TPSA) is 165 Å². The Balaban J connectivity index is 1.64. The number of benzene rings is 2. The lowest BCUT2D eigenvalue weighted by atomic mass is 9.95. The minimum absolute atomic E-state index is 0.0545. The number of terminal acetylenes is 1. The number of azo groups is 1. The molecule has 0 fully saturated rings. The van der Waals surface area contributed by atoms with Crippen LogP contribution in [0, 0.1) is 12.3 Å². The van der Waals surface area contributed by atoms with Crippen LogP contribution in [0.4, 0.5) is 17.1 Å². The SMILES string of the molecule is C#CCNC(=O)C(CCCCNC(=O)CC(C)(O)CCC(C)[SiH2]C(C)C)NC(=O)CCSSCCNC(=O)c1ccc(N=Nc2ccc(N(C)C)cc2)cc1. The molecule has 12 nitrogen and oxygen atoms in total. The fraction of sp³-hybridized carbons (Fsp3) is 0.550. The van der Waals surface area contributed by atoms with Crippen molar-refractivity contribution in [2.24, 2.45) is 10.2 Å². The van der Waals surface area contributed by atoms with Crippen LogP contribution in [0.5, 0.6) is 0 Å². The van der Waals surface area contributed by atoms with E-state index < -0.39 is 11.6 Å². The normalized spacial score (nSPS) is 13.6. The summed E-state index contributed by atoms with van der Waals surface area (Å²) in [5.74, 6) is 2.60. The first-order valence-electron chi connectivity index (χ1n) is 19.0. The Morgan fingerprint density at radius 3 is 2.13 bits per heavy atom. The Morgan fingerprint density at radius 2 is 1.51 bits per heavy atom. The van der Waals surface area contributed by atoms with Crippen LogP contribution in [0.2, 0.25) is 11.1 Å². The first kappa shape index (κ1) is 47.3. The third-order valence-corrected chi connectivity index (χ3v) is 13.2. The largest absolute Gasteiger partial charge is 0.390 e. The maximum absolute atomic E-state index is 12.7. The number of hydrogen-bond acceptors (Lipinski definition) is 10. The summed E-state index contributed by atoms with van der Waals surface area (Å²) >= 11 is 0. The van der Waals surface area contributed by atoms with Crippen molar-refractivity contribution < 1.29 is 24.3 Å². The molecule has 2 aromatic carbocycles. The zero-order chi connectivity index (χ0) is 40.6. The number of amides is 4. The van der Waals surface area contributed by atoms with Crippen molar-refractivity contribution in [3.63, 3.8) is 0 Å². The molecule has 0 aliphatic heterocycles. The van der Waals surface area contributed by atoms with Crippen molar-refractivity contribution in [3.05, 3.63) is 54.1 Å². The first-order chi connectivity index (χ1) is 26.2. The highest BCUT2D eigenvalue weighted by atomic mass is 33.1. The van der Waals surface area contributed by atoms with E-state index in [1.165, 1.54) is 10.8 Å².